The van der Waals surface area contributed by atoms with Gasteiger partial charge in [-0.15, -0.1) is 0 Å². The minimum Gasteiger partial charge on any atom is -0.256 e. The Hall–Kier alpha value is -4.63. The third-order valence-electron chi connectivity index (χ3n) is 6.55. The van der Waals surface area contributed by atoms with Gasteiger partial charge in [-0.3, -0.25) is 9.97 Å². The zero-order valence-electron chi connectivity index (χ0n) is 18.3. The molecule has 3 nitrogen and oxygen atoms in total. The Labute approximate surface area is 196 Å². The topological polar surface area (TPSA) is 38.7 Å². The van der Waals surface area contributed by atoms with E-state index >= 15 is 0 Å². The number of para-hydroxylation sites is 2. The molecule has 4 aromatic carbocycles. The van der Waals surface area contributed by atoms with Gasteiger partial charge in [0, 0.05) is 45.1 Å². The van der Waals surface area contributed by atoms with Crippen LogP contribution in [0.2, 0.25) is 0 Å². The number of fused-ring (bicyclic) bond motifs is 6. The Morgan fingerprint density at radius 3 is 2.12 bits per heavy atom. The van der Waals surface area contributed by atoms with Gasteiger partial charge >= 0.3 is 0 Å². The van der Waals surface area contributed by atoms with Gasteiger partial charge in [-0.1, -0.05) is 72.8 Å². The molecule has 7 rings (SSSR count). The van der Waals surface area contributed by atoms with E-state index in [9.17, 15) is 0 Å². The van der Waals surface area contributed by atoms with Crippen LogP contribution in [-0.2, 0) is 0 Å². The maximum atomic E-state index is 5.08. The molecule has 34 heavy (non-hydrogen) atoms. The molecule has 0 aliphatic heterocycles. The van der Waals surface area contributed by atoms with E-state index in [2.05, 4.69) is 77.8 Å². The molecule has 3 heteroatoms. The molecule has 3 heterocycles. The Morgan fingerprint density at radius 1 is 0.500 bits per heavy atom. The third kappa shape index (κ3) is 2.87. The molecule has 0 N–H and O–H groups in total. The monoisotopic (exact) mass is 433 g/mol. The van der Waals surface area contributed by atoms with Crippen LogP contribution in [0.1, 0.15) is 0 Å². The number of pyridine rings is 3. The molecule has 0 aliphatic rings. The molecule has 0 atom stereocenters. The Balaban J connectivity index is 1.46. The minimum absolute atomic E-state index is 0.929. The quantitative estimate of drug-likeness (QED) is 0.261. The molecular weight excluding hydrogens is 414 g/mol. The molecule has 0 bridgehead atoms. The Kier molecular flexibility index (Phi) is 4.15. The second-order valence-electron chi connectivity index (χ2n) is 8.49. The first-order valence-corrected chi connectivity index (χ1v) is 11.4. The molecule has 7 aromatic rings. The van der Waals surface area contributed by atoms with Crippen molar-refractivity contribution in [1.29, 1.82) is 0 Å². The lowest BCUT2D eigenvalue weighted by molar-refractivity contribution is 1.31. The smallest absolute Gasteiger partial charge is 0.0803 e. The molecule has 0 aliphatic carbocycles. The highest BCUT2D eigenvalue weighted by Gasteiger charge is 2.14. The summed E-state index contributed by atoms with van der Waals surface area (Å²) in [5, 5.41) is 7.13. The zero-order chi connectivity index (χ0) is 22.5. The highest BCUT2D eigenvalue weighted by Crippen LogP contribution is 2.37. The summed E-state index contributed by atoms with van der Waals surface area (Å²) in [5.74, 6) is 0. The number of aromatic nitrogens is 3. The molecule has 0 spiro atoms. The first-order chi connectivity index (χ1) is 16.9. The normalized spacial score (nSPS) is 11.5. The number of nitrogens with zero attached hydrogens (tertiary/aromatic N) is 3. The average molecular weight is 434 g/mol. The summed E-state index contributed by atoms with van der Waals surface area (Å²) < 4.78 is 0. The number of hydrogen-bond acceptors (Lipinski definition) is 3. The van der Waals surface area contributed by atoms with Crippen LogP contribution in [0, 0.1) is 0 Å². The van der Waals surface area contributed by atoms with Crippen molar-refractivity contribution < 1.29 is 0 Å². The summed E-state index contributed by atoms with van der Waals surface area (Å²) in [4.78, 5) is 14.4. The Bertz CT molecular complexity index is 1830. The molecule has 0 saturated carbocycles. The van der Waals surface area contributed by atoms with Gasteiger partial charge in [0.25, 0.3) is 0 Å². The minimum atomic E-state index is 0.929. The van der Waals surface area contributed by atoms with Crippen molar-refractivity contribution in [3.63, 3.8) is 0 Å². The summed E-state index contributed by atoms with van der Waals surface area (Å²) in [6, 6.07) is 35.7. The van der Waals surface area contributed by atoms with Gasteiger partial charge in [0.1, 0.15) is 0 Å². The lowest BCUT2D eigenvalue weighted by atomic mass is 9.95. The van der Waals surface area contributed by atoms with E-state index in [1.807, 2.05) is 42.7 Å². The van der Waals surface area contributed by atoms with Crippen LogP contribution < -0.4 is 0 Å². The predicted octanol–water partition coefficient (Wildman–Crippen LogP) is 7.82. The molecule has 0 unspecified atom stereocenters. The van der Waals surface area contributed by atoms with Gasteiger partial charge in [0.05, 0.1) is 22.4 Å². The van der Waals surface area contributed by atoms with Gasteiger partial charge in [0.2, 0.25) is 0 Å². The second kappa shape index (κ2) is 7.46. The maximum absolute atomic E-state index is 5.08. The lowest BCUT2D eigenvalue weighted by Crippen LogP contribution is -1.92. The third-order valence-corrected chi connectivity index (χ3v) is 6.55. The molecule has 158 valence electrons. The van der Waals surface area contributed by atoms with Crippen LogP contribution in [0.4, 0.5) is 0 Å². The van der Waals surface area contributed by atoms with Crippen molar-refractivity contribution in [2.75, 3.05) is 0 Å². The first kappa shape index (κ1) is 18.9. The van der Waals surface area contributed by atoms with Crippen molar-refractivity contribution in [3.8, 4) is 22.5 Å². The predicted molar refractivity (Wildman–Crippen MR) is 141 cm³/mol. The van der Waals surface area contributed by atoms with Crippen LogP contribution in [0.25, 0.3) is 65.9 Å². The van der Waals surface area contributed by atoms with Crippen molar-refractivity contribution in [3.05, 3.63) is 116 Å². The van der Waals surface area contributed by atoms with Gasteiger partial charge in [-0.2, -0.15) is 0 Å². The van der Waals surface area contributed by atoms with E-state index in [0.29, 0.717) is 0 Å². The van der Waals surface area contributed by atoms with Crippen molar-refractivity contribution >= 4 is 43.4 Å². The standard InChI is InChI=1S/C31H19N3/c1-2-8-22-20(7-1)13-15-26-30(22)25-10-4-6-12-29(25)34-31(26)21-14-16-28(33-19-21)24-17-18-32-27-11-5-3-9-23(24)27/h1-19H. The van der Waals surface area contributed by atoms with E-state index in [4.69, 9.17) is 9.97 Å². The fourth-order valence-corrected chi connectivity index (χ4v) is 4.95. The molecule has 0 fully saturated rings. The Morgan fingerprint density at radius 2 is 1.26 bits per heavy atom. The average Bonchev–Trinajstić information content (AvgIpc) is 2.92. The van der Waals surface area contributed by atoms with Gasteiger partial charge in [-0.25, -0.2) is 4.98 Å². The second-order valence-corrected chi connectivity index (χ2v) is 8.49. The molecular formula is C31H19N3. The highest BCUT2D eigenvalue weighted by atomic mass is 14.7. The van der Waals surface area contributed by atoms with E-state index in [0.717, 1.165) is 44.3 Å². The summed E-state index contributed by atoms with van der Waals surface area (Å²) in [6.07, 6.45) is 3.78. The van der Waals surface area contributed by atoms with Gasteiger partial charge in [-0.05, 0) is 41.1 Å². The largest absolute Gasteiger partial charge is 0.256 e. The van der Waals surface area contributed by atoms with Crippen LogP contribution in [-0.4, -0.2) is 15.0 Å². The van der Waals surface area contributed by atoms with Crippen LogP contribution >= 0.6 is 0 Å². The van der Waals surface area contributed by atoms with Crippen LogP contribution in [0.3, 0.4) is 0 Å². The first-order valence-electron chi connectivity index (χ1n) is 11.4. The fraction of sp³-hybridized carbons (Fsp3) is 0. The molecule has 3 aromatic heterocycles. The van der Waals surface area contributed by atoms with Crippen LogP contribution in [0.5, 0.6) is 0 Å². The molecule has 0 saturated heterocycles. The number of hydrogen-bond donors (Lipinski definition) is 0. The van der Waals surface area contributed by atoms with E-state index in [1.165, 1.54) is 21.5 Å². The lowest BCUT2D eigenvalue weighted by Gasteiger charge is -2.13. The van der Waals surface area contributed by atoms with Gasteiger partial charge in [0.15, 0.2) is 0 Å². The van der Waals surface area contributed by atoms with E-state index < -0.39 is 0 Å². The highest BCUT2D eigenvalue weighted by molar-refractivity contribution is 6.22. The van der Waals surface area contributed by atoms with Crippen molar-refractivity contribution in [2.24, 2.45) is 0 Å². The summed E-state index contributed by atoms with van der Waals surface area (Å²) >= 11 is 0. The molecule has 0 amide bonds. The fourth-order valence-electron chi connectivity index (χ4n) is 4.95. The van der Waals surface area contributed by atoms with E-state index in [-0.39, 0.29) is 0 Å². The number of rotatable bonds is 2. The summed E-state index contributed by atoms with van der Waals surface area (Å²) in [5.41, 5.74) is 5.94. The number of benzene rings is 4. The van der Waals surface area contributed by atoms with Crippen molar-refractivity contribution in [1.82, 2.24) is 15.0 Å². The van der Waals surface area contributed by atoms with Crippen molar-refractivity contribution in [2.45, 2.75) is 0 Å². The van der Waals surface area contributed by atoms with Gasteiger partial charge < -0.3 is 0 Å². The van der Waals surface area contributed by atoms with Crippen LogP contribution in [0.15, 0.2) is 116 Å². The maximum Gasteiger partial charge on any atom is 0.0803 e. The summed E-state index contributed by atoms with van der Waals surface area (Å²) in [7, 11) is 0. The SMILES string of the molecule is c1ccc2c(c1)ccc1c(-c3ccc(-c4ccnc5ccccc45)nc3)nc3ccccc3c12. The zero-order valence-corrected chi connectivity index (χ0v) is 18.3. The van der Waals surface area contributed by atoms with E-state index in [1.54, 1.807) is 0 Å². The summed E-state index contributed by atoms with van der Waals surface area (Å²) in [6.45, 7) is 0. The molecule has 0 radical (unpaired) electrons.